The number of amides is 1. The van der Waals surface area contributed by atoms with Crippen LogP contribution in [0.25, 0.3) is 0 Å². The van der Waals surface area contributed by atoms with E-state index in [0.717, 1.165) is 29.9 Å². The molecule has 1 unspecified atom stereocenters. The topological polar surface area (TPSA) is 72.9 Å². The first-order valence-corrected chi connectivity index (χ1v) is 13.7. The predicted octanol–water partition coefficient (Wildman–Crippen LogP) is 4.87. The molecule has 6 nitrogen and oxygen atoms in total. The lowest BCUT2D eigenvalue weighted by molar-refractivity contribution is 0.0681. The van der Waals surface area contributed by atoms with E-state index in [-0.39, 0.29) is 23.5 Å². The molecule has 3 rings (SSSR count). The Morgan fingerprint density at radius 1 is 0.939 bits per heavy atom. The van der Waals surface area contributed by atoms with Crippen molar-refractivity contribution in [2.75, 3.05) is 24.7 Å². The summed E-state index contributed by atoms with van der Waals surface area (Å²) < 4.78 is 35.5. The second-order valence-corrected chi connectivity index (χ2v) is 10.7. The molecule has 2 aromatic carbocycles. The van der Waals surface area contributed by atoms with Crippen LogP contribution in [0.3, 0.4) is 0 Å². The van der Waals surface area contributed by atoms with Gasteiger partial charge in [-0.1, -0.05) is 38.3 Å². The van der Waals surface area contributed by atoms with Crippen molar-refractivity contribution in [2.24, 2.45) is 0 Å². The lowest BCUT2D eigenvalue weighted by atomic mass is 10.1. The van der Waals surface area contributed by atoms with Crippen molar-refractivity contribution in [3.05, 3.63) is 59.7 Å². The van der Waals surface area contributed by atoms with Crippen molar-refractivity contribution in [2.45, 2.75) is 58.5 Å². The van der Waals surface area contributed by atoms with Crippen LogP contribution in [-0.2, 0) is 16.4 Å². The number of benzene rings is 2. The van der Waals surface area contributed by atoms with Crippen LogP contribution in [0.2, 0.25) is 0 Å². The summed E-state index contributed by atoms with van der Waals surface area (Å²) in [5.41, 5.74) is 1.46. The van der Waals surface area contributed by atoms with Crippen molar-refractivity contribution < 1.29 is 22.7 Å². The summed E-state index contributed by atoms with van der Waals surface area (Å²) in [6.45, 7) is 5.70. The summed E-state index contributed by atoms with van der Waals surface area (Å²) in [5, 5.41) is 0. The van der Waals surface area contributed by atoms with Crippen LogP contribution < -0.4 is 9.47 Å². The summed E-state index contributed by atoms with van der Waals surface area (Å²) in [4.78, 5) is 15.1. The largest absolute Gasteiger partial charge is 0.494 e. The van der Waals surface area contributed by atoms with Gasteiger partial charge < -0.3 is 14.4 Å². The fraction of sp³-hybridized carbons (Fsp3) is 0.500. The molecule has 1 heterocycles. The molecule has 0 spiro atoms. The number of carbonyl (C=O) groups excluding carboxylic acids is 1. The third-order valence-electron chi connectivity index (χ3n) is 5.87. The molecular formula is C26H35NO5S. The zero-order valence-corrected chi connectivity index (χ0v) is 20.5. The first-order chi connectivity index (χ1) is 15.9. The summed E-state index contributed by atoms with van der Waals surface area (Å²) in [5.74, 6) is 1.47. The molecule has 7 heteroatoms. The first kappa shape index (κ1) is 25.1. The molecule has 0 aliphatic carbocycles. The number of unbranched alkanes of at least 4 members (excludes halogenated alkanes) is 3. The Kier molecular flexibility index (Phi) is 9.18. The highest BCUT2D eigenvalue weighted by Crippen LogP contribution is 2.24. The van der Waals surface area contributed by atoms with Crippen LogP contribution in [0.15, 0.2) is 48.5 Å². The average Bonchev–Trinajstić information content (AvgIpc) is 3.18. The van der Waals surface area contributed by atoms with Crippen molar-refractivity contribution in [3.8, 4) is 11.5 Å². The minimum absolute atomic E-state index is 0.00865. The van der Waals surface area contributed by atoms with Gasteiger partial charge in [-0.25, -0.2) is 8.42 Å². The molecule has 1 aliphatic rings. The molecule has 1 aliphatic heterocycles. The minimum atomic E-state index is -3.12. The number of carbonyl (C=O) groups is 1. The van der Waals surface area contributed by atoms with Crippen LogP contribution in [0.5, 0.6) is 11.5 Å². The number of nitrogens with zero attached hydrogens (tertiary/aromatic N) is 1. The molecule has 0 N–H and O–H groups in total. The van der Waals surface area contributed by atoms with E-state index in [9.17, 15) is 13.2 Å². The zero-order valence-electron chi connectivity index (χ0n) is 19.7. The molecule has 1 amide bonds. The SMILES string of the molecule is CCCCCCOc1ccc(C(=O)N(Cc2ccc(OCC)cc2)C2CCS(=O)(=O)C2)cc1. The fourth-order valence-corrected chi connectivity index (χ4v) is 5.75. The number of hydrogen-bond acceptors (Lipinski definition) is 5. The summed E-state index contributed by atoms with van der Waals surface area (Å²) in [6, 6.07) is 14.4. The summed E-state index contributed by atoms with van der Waals surface area (Å²) in [7, 11) is -3.12. The van der Waals surface area contributed by atoms with Gasteiger partial charge >= 0.3 is 0 Å². The molecular weight excluding hydrogens is 438 g/mol. The van der Waals surface area contributed by atoms with Gasteiger partial charge in [-0.2, -0.15) is 0 Å². The van der Waals surface area contributed by atoms with Crippen LogP contribution >= 0.6 is 0 Å². The monoisotopic (exact) mass is 473 g/mol. The minimum Gasteiger partial charge on any atom is -0.494 e. The Labute approximate surface area is 197 Å². The molecule has 180 valence electrons. The van der Waals surface area contributed by atoms with E-state index in [4.69, 9.17) is 9.47 Å². The quantitative estimate of drug-likeness (QED) is 0.411. The second-order valence-electron chi connectivity index (χ2n) is 8.50. The first-order valence-electron chi connectivity index (χ1n) is 11.9. The van der Waals surface area contributed by atoms with Gasteiger partial charge in [-0.15, -0.1) is 0 Å². The van der Waals surface area contributed by atoms with E-state index in [1.165, 1.54) is 12.8 Å². The molecule has 2 aromatic rings. The van der Waals surface area contributed by atoms with E-state index in [2.05, 4.69) is 6.92 Å². The van der Waals surface area contributed by atoms with Gasteiger partial charge in [0.05, 0.1) is 24.7 Å². The number of sulfone groups is 1. The molecule has 1 saturated heterocycles. The lowest BCUT2D eigenvalue weighted by Gasteiger charge is -2.28. The van der Waals surface area contributed by atoms with Gasteiger partial charge in [-0.05, 0) is 61.7 Å². The van der Waals surface area contributed by atoms with Crippen LogP contribution in [0.1, 0.15) is 61.9 Å². The lowest BCUT2D eigenvalue weighted by Crippen LogP contribution is -2.40. The smallest absolute Gasteiger partial charge is 0.254 e. The molecule has 0 saturated carbocycles. The Hall–Kier alpha value is -2.54. The van der Waals surface area contributed by atoms with Crippen molar-refractivity contribution in [1.82, 2.24) is 4.90 Å². The average molecular weight is 474 g/mol. The molecule has 0 aromatic heterocycles. The maximum atomic E-state index is 13.4. The van der Waals surface area contributed by atoms with E-state index in [1.807, 2.05) is 43.3 Å². The van der Waals surface area contributed by atoms with E-state index < -0.39 is 9.84 Å². The van der Waals surface area contributed by atoms with E-state index >= 15 is 0 Å². The zero-order chi connectivity index (χ0) is 23.7. The maximum Gasteiger partial charge on any atom is 0.254 e. The number of hydrogen-bond donors (Lipinski definition) is 0. The number of ether oxygens (including phenoxy) is 2. The van der Waals surface area contributed by atoms with Crippen LogP contribution in [0.4, 0.5) is 0 Å². The molecule has 33 heavy (non-hydrogen) atoms. The Bertz CT molecular complexity index is 986. The fourth-order valence-electron chi connectivity index (χ4n) is 4.02. The highest BCUT2D eigenvalue weighted by atomic mass is 32.2. The third-order valence-corrected chi connectivity index (χ3v) is 7.62. The van der Waals surface area contributed by atoms with Gasteiger partial charge in [-0.3, -0.25) is 4.79 Å². The molecule has 0 bridgehead atoms. The Morgan fingerprint density at radius 3 is 2.21 bits per heavy atom. The van der Waals surface area contributed by atoms with Gasteiger partial charge in [0, 0.05) is 18.2 Å². The Morgan fingerprint density at radius 2 is 1.61 bits per heavy atom. The van der Waals surface area contributed by atoms with Gasteiger partial charge in [0.1, 0.15) is 11.5 Å². The standard InChI is InChI=1S/C26H35NO5S/c1-3-5-6-7-17-32-25-14-10-22(11-15-25)26(28)27(23-16-18-33(29,30)20-23)19-21-8-12-24(13-9-21)31-4-2/h8-15,23H,3-7,16-20H2,1-2H3. The summed E-state index contributed by atoms with van der Waals surface area (Å²) >= 11 is 0. The summed E-state index contributed by atoms with van der Waals surface area (Å²) in [6.07, 6.45) is 5.02. The van der Waals surface area contributed by atoms with E-state index in [1.54, 1.807) is 17.0 Å². The van der Waals surface area contributed by atoms with Gasteiger partial charge in [0.25, 0.3) is 5.91 Å². The highest BCUT2D eigenvalue weighted by Gasteiger charge is 2.35. The molecule has 1 fully saturated rings. The van der Waals surface area contributed by atoms with Gasteiger partial charge in [0.2, 0.25) is 0 Å². The van der Waals surface area contributed by atoms with Crippen LogP contribution in [0, 0.1) is 0 Å². The number of rotatable bonds is 12. The van der Waals surface area contributed by atoms with Gasteiger partial charge in [0.15, 0.2) is 9.84 Å². The second kappa shape index (κ2) is 12.1. The van der Waals surface area contributed by atoms with Crippen molar-refractivity contribution in [3.63, 3.8) is 0 Å². The predicted molar refractivity (Wildman–Crippen MR) is 131 cm³/mol. The van der Waals surface area contributed by atoms with E-state index in [0.29, 0.717) is 31.7 Å². The van der Waals surface area contributed by atoms with Crippen LogP contribution in [-0.4, -0.2) is 50.0 Å². The highest BCUT2D eigenvalue weighted by molar-refractivity contribution is 7.91. The maximum absolute atomic E-state index is 13.4. The third kappa shape index (κ3) is 7.49. The molecule has 0 radical (unpaired) electrons. The molecule has 1 atom stereocenters. The van der Waals surface area contributed by atoms with Crippen molar-refractivity contribution in [1.29, 1.82) is 0 Å². The normalized spacial score (nSPS) is 17.0. The van der Waals surface area contributed by atoms with Crippen molar-refractivity contribution >= 4 is 15.7 Å². The Balaban J connectivity index is 1.70.